The predicted molar refractivity (Wildman–Crippen MR) is 211 cm³/mol. The Morgan fingerprint density at radius 3 is 2.04 bits per heavy atom. The zero-order chi connectivity index (χ0) is 39.8. The Hall–Kier alpha value is -4.74. The highest BCUT2D eigenvalue weighted by Gasteiger charge is 2.53. The summed E-state index contributed by atoms with van der Waals surface area (Å²) in [5.74, 6) is -5.22. The molecule has 4 atom stereocenters. The summed E-state index contributed by atoms with van der Waals surface area (Å²) in [6, 6.07) is 19.5. The third-order valence-corrected chi connectivity index (χ3v) is 11.3. The van der Waals surface area contributed by atoms with Crippen molar-refractivity contribution in [1.82, 2.24) is 15.5 Å². The van der Waals surface area contributed by atoms with E-state index < -0.39 is 59.2 Å². The molecule has 2 bridgehead atoms. The summed E-state index contributed by atoms with van der Waals surface area (Å²) in [6.07, 6.45) is 3.87. The number of nitrogens with zero attached hydrogens (tertiary/aromatic N) is 1. The van der Waals surface area contributed by atoms with Gasteiger partial charge in [0.2, 0.25) is 0 Å². The fraction of sp³-hybridized carbons (Fsp3) is 0.432. The number of alkyl halides is 2. The Morgan fingerprint density at radius 2 is 1.41 bits per heavy atom. The van der Waals surface area contributed by atoms with Crippen LogP contribution in [-0.4, -0.2) is 63.8 Å². The summed E-state index contributed by atoms with van der Waals surface area (Å²) in [5.41, 5.74) is 0.443. The minimum absolute atomic E-state index is 0.183. The van der Waals surface area contributed by atoms with E-state index in [2.05, 4.69) is 10.6 Å². The Kier molecular flexibility index (Phi) is 11.3. The number of fused-ring (bicyclic) bond motifs is 3. The topological polar surface area (TPSA) is 117 Å². The van der Waals surface area contributed by atoms with E-state index in [0.717, 1.165) is 47.8 Å². The number of benzene rings is 4. The molecule has 2 aliphatic heterocycles. The van der Waals surface area contributed by atoms with Crippen LogP contribution in [0.3, 0.4) is 0 Å². The molecule has 3 amide bonds. The molecule has 0 radical (unpaired) electrons. The Morgan fingerprint density at radius 1 is 0.821 bits per heavy atom. The molecular formula is C44H48ClF2N3O6. The first-order valence-electron chi connectivity index (χ1n) is 19.4. The Labute approximate surface area is 330 Å². The van der Waals surface area contributed by atoms with E-state index in [0.29, 0.717) is 36.3 Å². The van der Waals surface area contributed by atoms with E-state index in [1.807, 2.05) is 18.2 Å². The second kappa shape index (κ2) is 16.0. The van der Waals surface area contributed by atoms with E-state index in [4.69, 9.17) is 21.1 Å². The Balaban J connectivity index is 1.13. The Bertz CT molecular complexity index is 2050. The van der Waals surface area contributed by atoms with Crippen molar-refractivity contribution >= 4 is 40.3 Å². The van der Waals surface area contributed by atoms with Crippen molar-refractivity contribution in [2.75, 3.05) is 0 Å². The van der Waals surface area contributed by atoms with Crippen molar-refractivity contribution in [3.63, 3.8) is 0 Å². The monoisotopic (exact) mass is 787 g/mol. The van der Waals surface area contributed by atoms with Gasteiger partial charge < -0.3 is 30.1 Å². The predicted octanol–water partition coefficient (Wildman–Crippen LogP) is 8.84. The van der Waals surface area contributed by atoms with E-state index in [1.165, 1.54) is 29.2 Å². The van der Waals surface area contributed by atoms with Crippen LogP contribution < -0.4 is 15.4 Å². The molecular weight excluding hydrogens is 740 g/mol. The molecule has 1 aliphatic carbocycles. The summed E-state index contributed by atoms with van der Waals surface area (Å²) in [7, 11) is 0. The average molecular weight is 788 g/mol. The normalized spacial score (nSPS) is 21.1. The lowest BCUT2D eigenvalue weighted by atomic mass is 9.93. The molecule has 0 spiro atoms. The standard InChI is InChI=1S/C44H48ClF2N3O6/c1-43(2,3)56-42(54)48-33-24-34-19-20-35(25-33)50(34)41(53)39(44(46,47)31-15-10-26(11-16-31)27-12-17-32(45)18-13-27)49-40(52)38(51)30-9-8-29-23-37(21-14-28(29)22-30)55-36-6-4-5-7-36/h8-18,21-23,33-36,38-39,51H,4-7,19-20,24-25H2,1-3H3,(H,48,54)(H,49,52). The van der Waals surface area contributed by atoms with Gasteiger partial charge in [0.25, 0.3) is 11.8 Å². The second-order valence-corrected chi connectivity index (χ2v) is 16.7. The molecule has 3 fully saturated rings. The average Bonchev–Trinajstić information content (AvgIpc) is 3.77. The molecule has 2 heterocycles. The van der Waals surface area contributed by atoms with Crippen LogP contribution >= 0.6 is 11.6 Å². The number of hydrogen-bond donors (Lipinski definition) is 3. The highest BCUT2D eigenvalue weighted by Crippen LogP contribution is 2.41. The first kappa shape index (κ1) is 39.5. The molecule has 2 saturated heterocycles. The number of rotatable bonds is 10. The van der Waals surface area contributed by atoms with Gasteiger partial charge in [0.05, 0.1) is 6.10 Å². The van der Waals surface area contributed by atoms with Gasteiger partial charge in [0.15, 0.2) is 12.1 Å². The summed E-state index contributed by atoms with van der Waals surface area (Å²) in [6.45, 7) is 5.28. The van der Waals surface area contributed by atoms with E-state index in [9.17, 15) is 19.5 Å². The highest BCUT2D eigenvalue weighted by molar-refractivity contribution is 6.30. The van der Waals surface area contributed by atoms with Crippen LogP contribution in [0.2, 0.25) is 5.02 Å². The lowest BCUT2D eigenvalue weighted by molar-refractivity contribution is -0.155. The van der Waals surface area contributed by atoms with Crippen LogP contribution in [0.5, 0.6) is 5.75 Å². The van der Waals surface area contributed by atoms with Crippen LogP contribution in [0.1, 0.15) is 89.4 Å². The maximum atomic E-state index is 16.9. The molecule has 4 aromatic carbocycles. The van der Waals surface area contributed by atoms with Crippen molar-refractivity contribution < 1.29 is 37.7 Å². The number of nitrogens with one attached hydrogen (secondary N) is 2. The molecule has 9 nitrogen and oxygen atoms in total. The van der Waals surface area contributed by atoms with Crippen LogP contribution in [0, 0.1) is 0 Å². The fourth-order valence-electron chi connectivity index (χ4n) is 8.34. The van der Waals surface area contributed by atoms with Crippen LogP contribution in [-0.2, 0) is 20.2 Å². The van der Waals surface area contributed by atoms with Crippen molar-refractivity contribution in [2.45, 2.75) is 120 Å². The number of carbonyl (C=O) groups is 3. The van der Waals surface area contributed by atoms with Gasteiger partial charge in [-0.3, -0.25) is 9.59 Å². The van der Waals surface area contributed by atoms with E-state index in [1.54, 1.807) is 63.2 Å². The van der Waals surface area contributed by atoms with Gasteiger partial charge in [-0.15, -0.1) is 0 Å². The molecule has 4 unspecified atom stereocenters. The van der Waals surface area contributed by atoms with Gasteiger partial charge >= 0.3 is 12.0 Å². The number of ether oxygens (including phenoxy) is 2. The van der Waals surface area contributed by atoms with Gasteiger partial charge in [-0.2, -0.15) is 8.78 Å². The lowest BCUT2D eigenvalue weighted by Crippen LogP contribution is -2.61. The minimum atomic E-state index is -3.88. The van der Waals surface area contributed by atoms with Crippen molar-refractivity contribution in [3.8, 4) is 16.9 Å². The SMILES string of the molecule is CC(C)(C)OC(=O)NC1CC2CCC(C1)N2C(=O)C(NC(=O)C(O)c1ccc2cc(OC3CCCC3)ccc2c1)C(F)(F)c1ccc(-c2ccc(Cl)cc2)cc1. The maximum Gasteiger partial charge on any atom is 0.407 e. The molecule has 3 aliphatic rings. The largest absolute Gasteiger partial charge is 0.490 e. The zero-order valence-corrected chi connectivity index (χ0v) is 32.5. The van der Waals surface area contributed by atoms with Crippen molar-refractivity contribution in [1.29, 1.82) is 0 Å². The van der Waals surface area contributed by atoms with Crippen molar-refractivity contribution in [3.05, 3.63) is 101 Å². The molecule has 4 aromatic rings. The number of hydrogen-bond acceptors (Lipinski definition) is 6. The maximum absolute atomic E-state index is 16.9. The molecule has 1 saturated carbocycles. The molecule has 0 aromatic heterocycles. The number of aliphatic hydroxyl groups excluding tert-OH is 1. The fourth-order valence-corrected chi connectivity index (χ4v) is 8.46. The summed E-state index contributed by atoms with van der Waals surface area (Å²) < 4.78 is 45.3. The number of amides is 3. The number of piperidine rings is 1. The van der Waals surface area contributed by atoms with Crippen LogP contribution in [0.25, 0.3) is 21.9 Å². The van der Waals surface area contributed by atoms with Gasteiger partial charge in [0, 0.05) is 28.7 Å². The minimum Gasteiger partial charge on any atom is -0.490 e. The summed E-state index contributed by atoms with van der Waals surface area (Å²) in [4.78, 5) is 42.2. The highest BCUT2D eigenvalue weighted by atomic mass is 35.5. The van der Waals surface area contributed by atoms with Crippen LogP contribution in [0.15, 0.2) is 84.9 Å². The zero-order valence-electron chi connectivity index (χ0n) is 31.8. The third-order valence-electron chi connectivity index (χ3n) is 11.1. The first-order valence-corrected chi connectivity index (χ1v) is 19.8. The summed E-state index contributed by atoms with van der Waals surface area (Å²) >= 11 is 6.03. The van der Waals surface area contributed by atoms with Crippen molar-refractivity contribution in [2.24, 2.45) is 0 Å². The number of carbonyl (C=O) groups excluding carboxylic acids is 3. The summed E-state index contributed by atoms with van der Waals surface area (Å²) in [5, 5.41) is 18.6. The van der Waals surface area contributed by atoms with Gasteiger partial charge in [-0.1, -0.05) is 66.2 Å². The van der Waals surface area contributed by atoms with Gasteiger partial charge in [-0.25, -0.2) is 4.79 Å². The van der Waals surface area contributed by atoms with Gasteiger partial charge in [0.1, 0.15) is 11.4 Å². The molecule has 7 rings (SSSR count). The lowest BCUT2D eigenvalue weighted by Gasteiger charge is -2.42. The first-order chi connectivity index (χ1) is 26.6. The van der Waals surface area contributed by atoms with Gasteiger partial charge in [-0.05, 0) is 130 Å². The third kappa shape index (κ3) is 8.79. The van der Waals surface area contributed by atoms with E-state index >= 15 is 8.78 Å². The smallest absolute Gasteiger partial charge is 0.407 e. The second-order valence-electron chi connectivity index (χ2n) is 16.3. The number of aliphatic hydroxyl groups is 1. The quantitative estimate of drug-likeness (QED) is 0.148. The van der Waals surface area contributed by atoms with Crippen LogP contribution in [0.4, 0.5) is 13.6 Å². The van der Waals surface area contributed by atoms with E-state index in [-0.39, 0.29) is 17.7 Å². The molecule has 3 N–H and O–H groups in total. The molecule has 296 valence electrons. The number of alkyl carbamates (subject to hydrolysis) is 1. The molecule has 12 heteroatoms. The molecule has 56 heavy (non-hydrogen) atoms. The number of halogens is 3.